The Labute approximate surface area is 388 Å². The number of nitrogens with one attached hydrogen (secondary N) is 1. The highest BCUT2D eigenvalue weighted by Crippen LogP contribution is 2.16. The zero-order valence-electron chi connectivity index (χ0n) is 40.7. The van der Waals surface area contributed by atoms with E-state index in [0.717, 1.165) is 109 Å². The quantitative estimate of drug-likeness (QED) is 0.0245. The van der Waals surface area contributed by atoms with Gasteiger partial charge < -0.3 is 20.3 Å². The van der Waals surface area contributed by atoms with Gasteiger partial charge in [-0.25, -0.2) is 0 Å². The number of aliphatic hydroxyl groups is 2. The normalized spacial score (nSPS) is 14.2. The van der Waals surface area contributed by atoms with Crippen molar-refractivity contribution in [2.45, 2.75) is 232 Å². The molecule has 0 rings (SSSR count). The molecule has 3 atom stereocenters. The fourth-order valence-electron chi connectivity index (χ4n) is 7.12. The van der Waals surface area contributed by atoms with Crippen molar-refractivity contribution in [2.24, 2.45) is 0 Å². The number of rotatable bonds is 44. The summed E-state index contributed by atoms with van der Waals surface area (Å²) >= 11 is 0. The Morgan fingerprint density at radius 3 is 1.51 bits per heavy atom. The fourth-order valence-corrected chi connectivity index (χ4v) is 7.12. The standard InChI is InChI=1S/C57H95NO5/c1-4-7-10-13-16-19-22-25-27-28-30-31-33-36-39-42-45-48-53(63-57(62)50-47-44-41-38-35-32-29-26-23-20-17-14-11-8-5-2)51-56(61)58-54(52-59)55(60)49-46-43-40-37-34-24-21-18-15-12-9-6-3/h7-8,10-11,14,16-17,19-20,23,25-27,29-31,36,39,53-55,59-60H,4-6,9,12-13,15,18,21-22,24,28,32-35,37-38,40-52H2,1-3H3,(H,58,61)/b10-7-,11-8+,17-14+,19-16-,23-20+,27-25-,29-26-,31-30-,39-36-. The van der Waals surface area contributed by atoms with E-state index in [-0.39, 0.29) is 24.9 Å². The highest BCUT2D eigenvalue weighted by atomic mass is 16.5. The van der Waals surface area contributed by atoms with Gasteiger partial charge in [-0.05, 0) is 83.5 Å². The van der Waals surface area contributed by atoms with Crippen LogP contribution in [0.5, 0.6) is 0 Å². The molecule has 0 heterocycles. The van der Waals surface area contributed by atoms with Crippen LogP contribution in [0, 0.1) is 0 Å². The van der Waals surface area contributed by atoms with Crippen molar-refractivity contribution in [3.8, 4) is 0 Å². The summed E-state index contributed by atoms with van der Waals surface area (Å²) in [6, 6.07) is -0.732. The molecule has 6 nitrogen and oxygen atoms in total. The van der Waals surface area contributed by atoms with Gasteiger partial charge in [-0.1, -0.05) is 226 Å². The van der Waals surface area contributed by atoms with Crippen LogP contribution in [0.2, 0.25) is 0 Å². The lowest BCUT2D eigenvalue weighted by Crippen LogP contribution is -2.46. The molecule has 0 aromatic rings. The second-order valence-corrected chi connectivity index (χ2v) is 16.9. The monoisotopic (exact) mass is 874 g/mol. The molecule has 0 aliphatic carbocycles. The highest BCUT2D eigenvalue weighted by Gasteiger charge is 2.24. The molecule has 0 aliphatic rings. The smallest absolute Gasteiger partial charge is 0.306 e. The number of allylic oxidation sites excluding steroid dienone is 18. The van der Waals surface area contributed by atoms with E-state index in [0.29, 0.717) is 19.3 Å². The van der Waals surface area contributed by atoms with E-state index in [1.165, 1.54) is 57.8 Å². The molecule has 0 bridgehead atoms. The van der Waals surface area contributed by atoms with Gasteiger partial charge in [0.25, 0.3) is 0 Å². The second kappa shape index (κ2) is 49.5. The molecule has 0 aromatic heterocycles. The third-order valence-electron chi connectivity index (χ3n) is 10.9. The van der Waals surface area contributed by atoms with Crippen molar-refractivity contribution in [1.82, 2.24) is 5.32 Å². The van der Waals surface area contributed by atoms with E-state index in [1.807, 2.05) is 18.2 Å². The Morgan fingerprint density at radius 2 is 0.952 bits per heavy atom. The Hall–Kier alpha value is -3.48. The number of esters is 1. The van der Waals surface area contributed by atoms with Crippen molar-refractivity contribution < 1.29 is 24.5 Å². The molecular formula is C57H95NO5. The molecular weight excluding hydrogens is 779 g/mol. The predicted octanol–water partition coefficient (Wildman–Crippen LogP) is 15.5. The Balaban J connectivity index is 4.78. The lowest BCUT2D eigenvalue weighted by atomic mass is 10.0. The summed E-state index contributed by atoms with van der Waals surface area (Å²) in [4.78, 5) is 26.1. The van der Waals surface area contributed by atoms with Gasteiger partial charge in [0, 0.05) is 6.42 Å². The number of ether oxygens (including phenoxy) is 1. The third kappa shape index (κ3) is 44.9. The Bertz CT molecular complexity index is 1300. The Kier molecular flexibility index (Phi) is 46.8. The summed E-state index contributed by atoms with van der Waals surface area (Å²) in [5, 5.41) is 23.7. The van der Waals surface area contributed by atoms with Crippen molar-refractivity contribution in [2.75, 3.05) is 6.61 Å². The third-order valence-corrected chi connectivity index (χ3v) is 10.9. The van der Waals surface area contributed by atoms with E-state index in [1.54, 1.807) is 0 Å². The average molecular weight is 874 g/mol. The largest absolute Gasteiger partial charge is 0.462 e. The van der Waals surface area contributed by atoms with E-state index in [2.05, 4.69) is 117 Å². The van der Waals surface area contributed by atoms with Gasteiger partial charge in [-0.2, -0.15) is 0 Å². The number of hydrogen-bond acceptors (Lipinski definition) is 5. The minimum absolute atomic E-state index is 0.0220. The van der Waals surface area contributed by atoms with Gasteiger partial charge in [-0.15, -0.1) is 0 Å². The summed E-state index contributed by atoms with van der Waals surface area (Å²) in [6.07, 6.45) is 67.2. The molecule has 358 valence electrons. The summed E-state index contributed by atoms with van der Waals surface area (Å²) in [5.74, 6) is -0.567. The van der Waals surface area contributed by atoms with Crippen LogP contribution in [0.1, 0.15) is 213 Å². The van der Waals surface area contributed by atoms with Crippen LogP contribution in [0.15, 0.2) is 109 Å². The van der Waals surface area contributed by atoms with E-state index in [4.69, 9.17) is 4.74 Å². The number of aliphatic hydroxyl groups excluding tert-OH is 2. The van der Waals surface area contributed by atoms with Crippen LogP contribution in [0.4, 0.5) is 0 Å². The molecule has 0 saturated heterocycles. The van der Waals surface area contributed by atoms with Crippen molar-refractivity contribution in [1.29, 1.82) is 0 Å². The number of carbonyl (C=O) groups is 2. The van der Waals surface area contributed by atoms with Crippen molar-refractivity contribution in [3.05, 3.63) is 109 Å². The molecule has 0 aliphatic heterocycles. The molecule has 0 radical (unpaired) electrons. The average Bonchev–Trinajstić information content (AvgIpc) is 3.28. The van der Waals surface area contributed by atoms with Gasteiger partial charge in [0.1, 0.15) is 6.10 Å². The predicted molar refractivity (Wildman–Crippen MR) is 273 cm³/mol. The van der Waals surface area contributed by atoms with E-state index in [9.17, 15) is 19.8 Å². The number of amides is 1. The molecule has 3 unspecified atom stereocenters. The van der Waals surface area contributed by atoms with Crippen LogP contribution >= 0.6 is 0 Å². The zero-order chi connectivity index (χ0) is 45.9. The topological polar surface area (TPSA) is 95.9 Å². The lowest BCUT2D eigenvalue weighted by Gasteiger charge is -2.24. The molecule has 0 fully saturated rings. The van der Waals surface area contributed by atoms with Crippen LogP contribution in [0.25, 0.3) is 0 Å². The van der Waals surface area contributed by atoms with Crippen LogP contribution < -0.4 is 5.32 Å². The van der Waals surface area contributed by atoms with Crippen molar-refractivity contribution in [3.63, 3.8) is 0 Å². The first-order chi connectivity index (χ1) is 31.0. The number of unbranched alkanes of at least 4 members (excludes halogenated alkanes) is 17. The van der Waals surface area contributed by atoms with Gasteiger partial charge >= 0.3 is 5.97 Å². The molecule has 0 spiro atoms. The maximum atomic E-state index is 13.2. The minimum Gasteiger partial charge on any atom is -0.462 e. The summed E-state index contributed by atoms with van der Waals surface area (Å²) in [5.41, 5.74) is 0. The van der Waals surface area contributed by atoms with Crippen LogP contribution in [-0.2, 0) is 14.3 Å². The molecule has 0 aromatic carbocycles. The minimum atomic E-state index is -0.813. The van der Waals surface area contributed by atoms with E-state index < -0.39 is 18.2 Å². The van der Waals surface area contributed by atoms with Gasteiger partial charge in [0.15, 0.2) is 0 Å². The summed E-state index contributed by atoms with van der Waals surface area (Å²) in [6.45, 7) is 6.20. The Morgan fingerprint density at radius 1 is 0.492 bits per heavy atom. The maximum absolute atomic E-state index is 13.2. The van der Waals surface area contributed by atoms with E-state index >= 15 is 0 Å². The van der Waals surface area contributed by atoms with Gasteiger partial charge in [0.2, 0.25) is 5.91 Å². The maximum Gasteiger partial charge on any atom is 0.306 e. The molecule has 1 amide bonds. The second-order valence-electron chi connectivity index (χ2n) is 16.9. The van der Waals surface area contributed by atoms with Crippen LogP contribution in [0.3, 0.4) is 0 Å². The first kappa shape index (κ1) is 59.5. The molecule has 63 heavy (non-hydrogen) atoms. The van der Waals surface area contributed by atoms with Gasteiger partial charge in [-0.3, -0.25) is 9.59 Å². The fraction of sp³-hybridized carbons (Fsp3) is 0.649. The zero-order valence-corrected chi connectivity index (χ0v) is 40.7. The van der Waals surface area contributed by atoms with Gasteiger partial charge in [0.05, 0.1) is 25.2 Å². The van der Waals surface area contributed by atoms with Crippen LogP contribution in [-0.4, -0.2) is 46.9 Å². The first-order valence-corrected chi connectivity index (χ1v) is 25.7. The molecule has 6 heteroatoms. The highest BCUT2D eigenvalue weighted by molar-refractivity contribution is 5.77. The lowest BCUT2D eigenvalue weighted by molar-refractivity contribution is -0.151. The summed E-state index contributed by atoms with van der Waals surface area (Å²) in [7, 11) is 0. The number of carbonyl (C=O) groups excluding carboxylic acids is 2. The molecule has 0 saturated carbocycles. The number of hydrogen-bond donors (Lipinski definition) is 3. The SMILES string of the molecule is CC/C=C\C/C=C\C/C=C\C/C=C\C/C=C\CCCC(CC(=O)NC(CO)C(O)CCCCCCCCCCCCCC)OC(=O)CCCCCCC\C=C/C=C/C=C/C=C/CC. The summed E-state index contributed by atoms with van der Waals surface area (Å²) < 4.78 is 5.90. The first-order valence-electron chi connectivity index (χ1n) is 25.7. The van der Waals surface area contributed by atoms with Crippen molar-refractivity contribution >= 4 is 11.9 Å². The molecule has 3 N–H and O–H groups in total.